The molecule has 1 rings (SSSR count). The molecule has 0 fully saturated rings. The van der Waals surface area contributed by atoms with Gasteiger partial charge < -0.3 is 15.2 Å². The average Bonchev–Trinajstić information content (AvgIpc) is 2.44. The largest absolute Gasteiger partial charge is 0.465 e. The first kappa shape index (κ1) is 21.1. The predicted molar refractivity (Wildman–Crippen MR) is 91.4 cm³/mol. The van der Waals surface area contributed by atoms with Crippen LogP contribution in [0.2, 0.25) is 0 Å². The monoisotopic (exact) mass is 422 g/mol. The van der Waals surface area contributed by atoms with Crippen LogP contribution in [0, 0.1) is 11.6 Å². The van der Waals surface area contributed by atoms with Gasteiger partial charge >= 0.3 is 12.2 Å². The van der Waals surface area contributed by atoms with Gasteiger partial charge in [-0.15, -0.1) is 0 Å². The number of carbonyl (C=O) groups is 2. The SMILES string of the molecule is CC(c1cc(F)c(Br)cc1F)N(CCNC(=O)OC(C)(C)C)C(=O)O. The van der Waals surface area contributed by atoms with E-state index in [1.54, 1.807) is 20.8 Å². The molecule has 2 amide bonds. The molecule has 0 aromatic heterocycles. The highest BCUT2D eigenvalue weighted by molar-refractivity contribution is 9.10. The highest BCUT2D eigenvalue weighted by Gasteiger charge is 2.25. The second-order valence-electron chi connectivity index (χ2n) is 6.37. The molecule has 0 saturated heterocycles. The van der Waals surface area contributed by atoms with Crippen molar-refractivity contribution in [1.29, 1.82) is 0 Å². The van der Waals surface area contributed by atoms with Gasteiger partial charge in [-0.2, -0.15) is 0 Å². The molecule has 0 aliphatic heterocycles. The maximum Gasteiger partial charge on any atom is 0.407 e. The van der Waals surface area contributed by atoms with E-state index in [0.29, 0.717) is 0 Å². The molecule has 25 heavy (non-hydrogen) atoms. The van der Waals surface area contributed by atoms with E-state index in [9.17, 15) is 23.5 Å². The molecule has 0 saturated carbocycles. The van der Waals surface area contributed by atoms with Crippen molar-refractivity contribution in [2.75, 3.05) is 13.1 Å². The van der Waals surface area contributed by atoms with E-state index in [1.165, 1.54) is 6.92 Å². The van der Waals surface area contributed by atoms with Crippen LogP contribution in [-0.4, -0.2) is 40.9 Å². The molecule has 1 aromatic rings. The Morgan fingerprint density at radius 3 is 2.44 bits per heavy atom. The van der Waals surface area contributed by atoms with E-state index >= 15 is 0 Å². The van der Waals surface area contributed by atoms with Crippen LogP contribution in [0.1, 0.15) is 39.3 Å². The summed E-state index contributed by atoms with van der Waals surface area (Å²) in [5, 5.41) is 11.8. The number of carboxylic acid groups (broad SMARTS) is 1. The van der Waals surface area contributed by atoms with Gasteiger partial charge in [0.1, 0.15) is 17.2 Å². The number of hydrogen-bond donors (Lipinski definition) is 2. The summed E-state index contributed by atoms with van der Waals surface area (Å²) in [6.45, 7) is 6.38. The minimum atomic E-state index is -1.32. The van der Waals surface area contributed by atoms with Crippen molar-refractivity contribution in [2.45, 2.75) is 39.3 Å². The Balaban J connectivity index is 2.79. The van der Waals surface area contributed by atoms with E-state index in [4.69, 9.17) is 4.74 Å². The lowest BCUT2D eigenvalue weighted by molar-refractivity contribution is 0.0516. The number of benzene rings is 1. The standard InChI is InChI=1S/C16H21BrF2N2O4/c1-9(10-7-13(19)11(17)8-12(10)18)21(15(23)24)6-5-20-14(22)25-16(2,3)4/h7-9H,5-6H2,1-4H3,(H,20,22)(H,23,24). The topological polar surface area (TPSA) is 78.9 Å². The van der Waals surface area contributed by atoms with Gasteiger partial charge in [0.25, 0.3) is 0 Å². The molecule has 0 spiro atoms. The Labute approximate surface area is 153 Å². The number of ether oxygens (including phenoxy) is 1. The van der Waals surface area contributed by atoms with E-state index < -0.39 is 35.5 Å². The summed E-state index contributed by atoms with van der Waals surface area (Å²) < 4.78 is 32.7. The van der Waals surface area contributed by atoms with E-state index in [-0.39, 0.29) is 23.1 Å². The molecule has 6 nitrogen and oxygen atoms in total. The molecule has 140 valence electrons. The summed E-state index contributed by atoms with van der Waals surface area (Å²) >= 11 is 2.87. The maximum absolute atomic E-state index is 14.0. The Bertz CT molecular complexity index is 650. The fourth-order valence-electron chi connectivity index (χ4n) is 2.07. The second-order valence-corrected chi connectivity index (χ2v) is 7.22. The molecule has 0 aliphatic carbocycles. The van der Waals surface area contributed by atoms with E-state index in [1.807, 2.05) is 0 Å². The average molecular weight is 423 g/mol. The Morgan fingerprint density at radius 2 is 1.92 bits per heavy atom. The van der Waals surface area contributed by atoms with Crippen LogP contribution in [0.4, 0.5) is 18.4 Å². The zero-order valence-electron chi connectivity index (χ0n) is 14.4. The van der Waals surface area contributed by atoms with Crippen LogP contribution in [0.25, 0.3) is 0 Å². The van der Waals surface area contributed by atoms with Gasteiger partial charge in [0, 0.05) is 18.7 Å². The number of hydrogen-bond acceptors (Lipinski definition) is 3. The number of rotatable bonds is 5. The summed E-state index contributed by atoms with van der Waals surface area (Å²) in [4.78, 5) is 23.9. The molecule has 0 bridgehead atoms. The van der Waals surface area contributed by atoms with Gasteiger partial charge in [0.15, 0.2) is 0 Å². The third-order valence-electron chi connectivity index (χ3n) is 3.22. The quantitative estimate of drug-likeness (QED) is 0.693. The molecular weight excluding hydrogens is 402 g/mol. The molecule has 2 N–H and O–H groups in total. The minimum Gasteiger partial charge on any atom is -0.465 e. The summed E-state index contributed by atoms with van der Waals surface area (Å²) in [7, 11) is 0. The first-order valence-electron chi connectivity index (χ1n) is 7.53. The third kappa shape index (κ3) is 6.49. The van der Waals surface area contributed by atoms with Crippen molar-refractivity contribution >= 4 is 28.1 Å². The fourth-order valence-corrected chi connectivity index (χ4v) is 2.39. The van der Waals surface area contributed by atoms with Crippen molar-refractivity contribution in [3.63, 3.8) is 0 Å². The lowest BCUT2D eigenvalue weighted by atomic mass is 10.1. The van der Waals surface area contributed by atoms with Crippen molar-refractivity contribution in [3.05, 3.63) is 33.8 Å². The number of alkyl carbamates (subject to hydrolysis) is 1. The molecule has 0 heterocycles. The Hall–Kier alpha value is -1.90. The molecule has 1 atom stereocenters. The lowest BCUT2D eigenvalue weighted by Gasteiger charge is -2.27. The van der Waals surface area contributed by atoms with E-state index in [2.05, 4.69) is 21.2 Å². The first-order chi connectivity index (χ1) is 11.4. The second kappa shape index (κ2) is 8.46. The Morgan fingerprint density at radius 1 is 1.32 bits per heavy atom. The fraction of sp³-hybridized carbons (Fsp3) is 0.500. The number of halogens is 3. The molecule has 0 radical (unpaired) electrons. The first-order valence-corrected chi connectivity index (χ1v) is 8.32. The van der Waals surface area contributed by atoms with Crippen LogP contribution in [0.5, 0.6) is 0 Å². The van der Waals surface area contributed by atoms with Crippen molar-refractivity contribution in [3.8, 4) is 0 Å². The molecule has 1 aromatic carbocycles. The third-order valence-corrected chi connectivity index (χ3v) is 3.83. The summed E-state index contributed by atoms with van der Waals surface area (Å²) in [6, 6.07) is 0.946. The summed E-state index contributed by atoms with van der Waals surface area (Å²) in [5.74, 6) is -1.42. The molecule has 9 heteroatoms. The van der Waals surface area contributed by atoms with Gasteiger partial charge in [-0.25, -0.2) is 18.4 Å². The number of nitrogens with one attached hydrogen (secondary N) is 1. The zero-order chi connectivity index (χ0) is 19.4. The summed E-state index contributed by atoms with van der Waals surface area (Å²) in [5.41, 5.74) is -0.776. The van der Waals surface area contributed by atoms with Crippen LogP contribution >= 0.6 is 15.9 Å². The molecular formula is C16H21BrF2N2O4. The number of nitrogens with zero attached hydrogens (tertiary/aromatic N) is 1. The lowest BCUT2D eigenvalue weighted by Crippen LogP contribution is -2.41. The highest BCUT2D eigenvalue weighted by atomic mass is 79.9. The normalized spacial score (nSPS) is 12.4. The smallest absolute Gasteiger partial charge is 0.407 e. The van der Waals surface area contributed by atoms with Crippen molar-refractivity contribution in [2.24, 2.45) is 0 Å². The highest BCUT2D eigenvalue weighted by Crippen LogP contribution is 2.27. The van der Waals surface area contributed by atoms with Crippen LogP contribution < -0.4 is 5.32 Å². The maximum atomic E-state index is 14.0. The van der Waals surface area contributed by atoms with Gasteiger partial charge in [-0.1, -0.05) is 0 Å². The van der Waals surface area contributed by atoms with Gasteiger partial charge in [-0.3, -0.25) is 4.90 Å². The Kier molecular flexibility index (Phi) is 7.16. The number of amides is 2. The minimum absolute atomic E-state index is 0.0355. The van der Waals surface area contributed by atoms with Crippen LogP contribution in [-0.2, 0) is 4.74 Å². The number of carbonyl (C=O) groups excluding carboxylic acids is 1. The molecule has 0 aliphatic rings. The van der Waals surface area contributed by atoms with Crippen LogP contribution in [0.15, 0.2) is 16.6 Å². The molecule has 1 unspecified atom stereocenters. The van der Waals surface area contributed by atoms with Crippen molar-refractivity contribution in [1.82, 2.24) is 10.2 Å². The van der Waals surface area contributed by atoms with Gasteiger partial charge in [0.05, 0.1) is 10.5 Å². The van der Waals surface area contributed by atoms with Gasteiger partial charge in [0.2, 0.25) is 0 Å². The van der Waals surface area contributed by atoms with E-state index in [0.717, 1.165) is 17.0 Å². The van der Waals surface area contributed by atoms with Crippen LogP contribution in [0.3, 0.4) is 0 Å². The zero-order valence-corrected chi connectivity index (χ0v) is 16.0. The summed E-state index contributed by atoms with van der Waals surface area (Å²) in [6.07, 6.45) is -2.01. The van der Waals surface area contributed by atoms with Gasteiger partial charge in [-0.05, 0) is 55.8 Å². The van der Waals surface area contributed by atoms with Crippen molar-refractivity contribution < 1.29 is 28.2 Å². The predicted octanol–water partition coefficient (Wildman–Crippen LogP) is 4.29.